The first kappa shape index (κ1) is 21.7. The van der Waals surface area contributed by atoms with Crippen molar-refractivity contribution in [2.45, 2.75) is 51.9 Å². The van der Waals surface area contributed by atoms with Gasteiger partial charge < -0.3 is 14.6 Å². The van der Waals surface area contributed by atoms with Gasteiger partial charge in [0, 0.05) is 5.56 Å². The fraction of sp³-hybridized carbons (Fsp3) is 0.320. The molecule has 1 aromatic heterocycles. The molecule has 0 spiro atoms. The van der Waals surface area contributed by atoms with Gasteiger partial charge in [0.25, 0.3) is 0 Å². The van der Waals surface area contributed by atoms with Crippen molar-refractivity contribution in [2.75, 3.05) is 0 Å². The summed E-state index contributed by atoms with van der Waals surface area (Å²) in [6, 6.07) is 3.86. The second-order valence-electron chi connectivity index (χ2n) is 8.42. The predicted octanol–water partition coefficient (Wildman–Crippen LogP) is 5.66. The molecule has 1 aliphatic carbocycles. The lowest BCUT2D eigenvalue weighted by atomic mass is 9.84. The second kappa shape index (κ2) is 8.22. The highest BCUT2D eigenvalue weighted by atomic mass is 19.1. The van der Waals surface area contributed by atoms with Crippen LogP contribution >= 0.6 is 0 Å². The van der Waals surface area contributed by atoms with E-state index in [-0.39, 0.29) is 50.1 Å². The Hall–Kier alpha value is -3.48. The maximum Gasteiger partial charge on any atom is 0.336 e. The Morgan fingerprint density at radius 2 is 1.72 bits per heavy atom. The normalized spacial score (nSPS) is 14.6. The summed E-state index contributed by atoms with van der Waals surface area (Å²) in [7, 11) is 0. The van der Waals surface area contributed by atoms with E-state index in [0.29, 0.717) is 11.1 Å². The summed E-state index contributed by atoms with van der Waals surface area (Å²) in [6.45, 7) is 3.05. The molecule has 0 aliphatic heterocycles. The van der Waals surface area contributed by atoms with E-state index in [1.54, 1.807) is 6.92 Å². The third-order valence-corrected chi connectivity index (χ3v) is 6.40. The topological polar surface area (TPSA) is 105 Å². The zero-order valence-electron chi connectivity index (χ0n) is 17.8. The molecule has 4 rings (SSSR count). The number of hydrogen-bond acceptors (Lipinski definition) is 4. The largest absolute Gasteiger partial charge is 0.478 e. The first-order chi connectivity index (χ1) is 15.2. The van der Waals surface area contributed by atoms with Crippen molar-refractivity contribution >= 4 is 22.9 Å². The summed E-state index contributed by atoms with van der Waals surface area (Å²) in [5.41, 5.74) is 0.611. The lowest BCUT2D eigenvalue weighted by Crippen LogP contribution is -2.17. The third-order valence-electron chi connectivity index (χ3n) is 6.40. The smallest absolute Gasteiger partial charge is 0.336 e. The Labute approximate surface area is 183 Å². The van der Waals surface area contributed by atoms with Gasteiger partial charge in [-0.05, 0) is 73.1 Å². The quantitative estimate of drug-likeness (QED) is 0.545. The van der Waals surface area contributed by atoms with Crippen molar-refractivity contribution in [1.82, 2.24) is 0 Å². The van der Waals surface area contributed by atoms with Crippen LogP contribution in [0.5, 0.6) is 0 Å². The van der Waals surface area contributed by atoms with Crippen molar-refractivity contribution in [2.24, 2.45) is 0 Å². The number of fused-ring (bicyclic) bond motifs is 1. The molecular formula is C25H23FO6. The summed E-state index contributed by atoms with van der Waals surface area (Å²) in [5.74, 6) is -3.29. The first-order valence-electron chi connectivity index (χ1n) is 10.6. The number of halogens is 1. The van der Waals surface area contributed by atoms with Gasteiger partial charge in [0.2, 0.25) is 0 Å². The molecule has 7 heteroatoms. The van der Waals surface area contributed by atoms with Crippen LogP contribution in [-0.4, -0.2) is 22.2 Å². The van der Waals surface area contributed by atoms with Crippen LogP contribution in [0.4, 0.5) is 4.39 Å². The van der Waals surface area contributed by atoms with Gasteiger partial charge in [-0.2, -0.15) is 0 Å². The summed E-state index contributed by atoms with van der Waals surface area (Å²) in [6.07, 6.45) is 6.30. The molecule has 0 unspecified atom stereocenters. The van der Waals surface area contributed by atoms with Crippen LogP contribution in [-0.2, 0) is 0 Å². The predicted molar refractivity (Wildman–Crippen MR) is 117 cm³/mol. The molecule has 1 heterocycles. The monoisotopic (exact) mass is 438 g/mol. The number of aryl methyl sites for hydroxylation is 1. The van der Waals surface area contributed by atoms with Crippen LogP contribution in [0.15, 0.2) is 33.7 Å². The summed E-state index contributed by atoms with van der Waals surface area (Å²) >= 11 is 0. The lowest BCUT2D eigenvalue weighted by molar-refractivity contribution is 0.0696. The fourth-order valence-electron chi connectivity index (χ4n) is 4.75. The summed E-state index contributed by atoms with van der Waals surface area (Å²) < 4.78 is 21.2. The molecule has 2 N–H and O–H groups in total. The van der Waals surface area contributed by atoms with Crippen LogP contribution in [0.25, 0.3) is 22.1 Å². The zero-order valence-corrected chi connectivity index (χ0v) is 17.8. The highest BCUT2D eigenvalue weighted by Gasteiger charge is 2.26. The van der Waals surface area contributed by atoms with Crippen molar-refractivity contribution in [1.29, 1.82) is 0 Å². The van der Waals surface area contributed by atoms with E-state index in [2.05, 4.69) is 0 Å². The minimum absolute atomic E-state index is 0.0331. The molecule has 0 saturated heterocycles. The molecule has 2 aromatic carbocycles. The molecular weight excluding hydrogens is 415 g/mol. The maximum atomic E-state index is 15.5. The van der Waals surface area contributed by atoms with Gasteiger partial charge in [0.15, 0.2) is 5.43 Å². The Morgan fingerprint density at radius 1 is 1.03 bits per heavy atom. The Kier molecular flexibility index (Phi) is 5.59. The van der Waals surface area contributed by atoms with E-state index in [1.165, 1.54) is 25.3 Å². The van der Waals surface area contributed by atoms with Crippen LogP contribution < -0.4 is 5.43 Å². The molecule has 1 fully saturated rings. The number of carbonyl (C=O) groups is 2. The van der Waals surface area contributed by atoms with E-state index < -0.39 is 17.8 Å². The molecule has 32 heavy (non-hydrogen) atoms. The van der Waals surface area contributed by atoms with Gasteiger partial charge in [-0.25, -0.2) is 14.0 Å². The van der Waals surface area contributed by atoms with Gasteiger partial charge in [0.05, 0.1) is 17.4 Å². The molecule has 0 atom stereocenters. The van der Waals surface area contributed by atoms with Crippen molar-refractivity contribution in [3.63, 3.8) is 0 Å². The van der Waals surface area contributed by atoms with Crippen LogP contribution in [0.2, 0.25) is 0 Å². The molecule has 6 nitrogen and oxygen atoms in total. The minimum atomic E-state index is -1.33. The van der Waals surface area contributed by atoms with Crippen LogP contribution in [0, 0.1) is 19.7 Å². The highest BCUT2D eigenvalue weighted by Crippen LogP contribution is 2.37. The minimum Gasteiger partial charge on any atom is -0.478 e. The molecule has 166 valence electrons. The van der Waals surface area contributed by atoms with Gasteiger partial charge in [-0.3, -0.25) is 4.79 Å². The molecule has 0 bridgehead atoms. The fourth-order valence-corrected chi connectivity index (χ4v) is 4.75. The number of aromatic carboxylic acids is 2. The molecule has 0 radical (unpaired) electrons. The lowest BCUT2D eigenvalue weighted by Gasteiger charge is -2.21. The Morgan fingerprint density at radius 3 is 2.34 bits per heavy atom. The number of rotatable bonds is 4. The number of carboxylic acid groups (broad SMARTS) is 2. The highest BCUT2D eigenvalue weighted by molar-refractivity contribution is 6.02. The number of carboxylic acids is 2. The van der Waals surface area contributed by atoms with Crippen molar-refractivity contribution < 1.29 is 28.6 Å². The van der Waals surface area contributed by atoms with Crippen molar-refractivity contribution in [3.05, 3.63) is 68.3 Å². The molecule has 1 saturated carbocycles. The number of hydrogen-bond donors (Lipinski definition) is 2. The molecule has 1 aliphatic rings. The summed E-state index contributed by atoms with van der Waals surface area (Å²) in [5, 5.41) is 18.8. The zero-order chi connectivity index (χ0) is 23.2. The van der Waals surface area contributed by atoms with Gasteiger partial charge in [0.1, 0.15) is 16.8 Å². The van der Waals surface area contributed by atoms with Crippen LogP contribution in [0.1, 0.15) is 75.4 Å². The van der Waals surface area contributed by atoms with Gasteiger partial charge in [-0.15, -0.1) is 0 Å². The van der Waals surface area contributed by atoms with E-state index in [0.717, 1.165) is 38.2 Å². The SMILES string of the molecule is Cc1cc(C(=O)O)cc(C(=O)O)c1-c1cc2occ(C3CCCCC3)c(=O)c2c(F)c1C. The van der Waals surface area contributed by atoms with Crippen LogP contribution in [0.3, 0.4) is 0 Å². The summed E-state index contributed by atoms with van der Waals surface area (Å²) in [4.78, 5) is 36.4. The second-order valence-corrected chi connectivity index (χ2v) is 8.42. The van der Waals surface area contributed by atoms with E-state index in [9.17, 15) is 24.6 Å². The van der Waals surface area contributed by atoms with E-state index >= 15 is 4.39 Å². The van der Waals surface area contributed by atoms with Crippen molar-refractivity contribution in [3.8, 4) is 11.1 Å². The standard InChI is InChI=1S/C25H23FO6/c1-12-8-15(24(28)29)9-17(25(30)31)20(12)16-10-19-21(22(26)13(16)2)23(27)18(11-32-19)14-6-4-3-5-7-14/h8-11,14H,3-7H2,1-2H3,(H,28,29)(H,30,31). The van der Waals surface area contributed by atoms with E-state index in [4.69, 9.17) is 4.42 Å². The van der Waals surface area contributed by atoms with Gasteiger partial charge in [-0.1, -0.05) is 19.3 Å². The molecule has 0 amide bonds. The Bertz CT molecular complexity index is 1310. The van der Waals surface area contributed by atoms with Gasteiger partial charge >= 0.3 is 11.9 Å². The maximum absolute atomic E-state index is 15.5. The number of benzene rings is 2. The average Bonchev–Trinajstić information content (AvgIpc) is 2.76. The Balaban J connectivity index is 1.96. The van der Waals surface area contributed by atoms with E-state index in [1.807, 2.05) is 0 Å². The third kappa shape index (κ3) is 3.57. The average molecular weight is 438 g/mol. The first-order valence-corrected chi connectivity index (χ1v) is 10.6. The molecule has 3 aromatic rings.